The van der Waals surface area contributed by atoms with Crippen LogP contribution in [0.2, 0.25) is 0 Å². The van der Waals surface area contributed by atoms with Crippen LogP contribution in [0.1, 0.15) is 12.0 Å². The molecule has 0 spiro atoms. The van der Waals surface area contributed by atoms with Gasteiger partial charge in [-0.3, -0.25) is 9.79 Å². The molecule has 0 fully saturated rings. The molecule has 6 nitrogen and oxygen atoms in total. The normalized spacial score (nSPS) is 11.0. The number of likely N-dealkylation sites (N-methyl/N-ethyl adjacent to an activating group) is 1. The Balaban J connectivity index is 1.63. The van der Waals surface area contributed by atoms with Gasteiger partial charge in [-0.05, 0) is 17.7 Å². The number of hydrogen-bond donors (Lipinski definition) is 2. The van der Waals surface area contributed by atoms with Gasteiger partial charge in [0.15, 0.2) is 5.96 Å². The van der Waals surface area contributed by atoms with Crippen LogP contribution in [0, 0.1) is 0 Å². The van der Waals surface area contributed by atoms with Crippen molar-refractivity contribution in [2.45, 2.75) is 13.0 Å². The lowest BCUT2D eigenvalue weighted by Gasteiger charge is -2.22. The van der Waals surface area contributed by atoms with Crippen LogP contribution in [0.15, 0.2) is 65.7 Å². The third-order valence-electron chi connectivity index (χ3n) is 3.98. The van der Waals surface area contributed by atoms with Crippen LogP contribution in [0.3, 0.4) is 0 Å². The molecular weight excluding hydrogens is 340 g/mol. The fourth-order valence-electron chi connectivity index (χ4n) is 2.48. The molecule has 0 radical (unpaired) electrons. The summed E-state index contributed by atoms with van der Waals surface area (Å²) < 4.78 is 5.70. The maximum Gasteiger partial charge on any atom is 0.222 e. The van der Waals surface area contributed by atoms with Gasteiger partial charge in [0.25, 0.3) is 0 Å². The van der Waals surface area contributed by atoms with Gasteiger partial charge in [0.1, 0.15) is 12.4 Å². The summed E-state index contributed by atoms with van der Waals surface area (Å²) in [5.41, 5.74) is 1.09. The monoisotopic (exact) mass is 368 g/mol. The zero-order valence-electron chi connectivity index (χ0n) is 16.0. The van der Waals surface area contributed by atoms with Crippen molar-refractivity contribution in [3.8, 4) is 5.75 Å². The Morgan fingerprint density at radius 1 is 1.04 bits per heavy atom. The molecular formula is C21H28N4O2. The van der Waals surface area contributed by atoms with Gasteiger partial charge < -0.3 is 20.3 Å². The highest BCUT2D eigenvalue weighted by molar-refractivity contribution is 5.81. The van der Waals surface area contributed by atoms with E-state index in [-0.39, 0.29) is 5.91 Å². The molecule has 2 N–H and O–H groups in total. The molecule has 0 unspecified atom stereocenters. The van der Waals surface area contributed by atoms with E-state index in [1.165, 1.54) is 0 Å². The molecule has 0 aliphatic carbocycles. The van der Waals surface area contributed by atoms with Crippen LogP contribution in [0.25, 0.3) is 0 Å². The molecule has 0 aliphatic heterocycles. The predicted molar refractivity (Wildman–Crippen MR) is 109 cm³/mol. The highest BCUT2D eigenvalue weighted by Crippen LogP contribution is 2.07. The van der Waals surface area contributed by atoms with Crippen LogP contribution in [0.4, 0.5) is 0 Å². The van der Waals surface area contributed by atoms with Crippen LogP contribution >= 0.6 is 0 Å². The van der Waals surface area contributed by atoms with Crippen LogP contribution in [-0.4, -0.2) is 50.6 Å². The van der Waals surface area contributed by atoms with Gasteiger partial charge >= 0.3 is 0 Å². The molecule has 144 valence electrons. The Morgan fingerprint density at radius 2 is 1.70 bits per heavy atom. The standard InChI is InChI=1S/C21H28N4O2/c1-22-21(25(2)15-16-27-19-11-7-4-8-12-19)23-14-13-20(26)24-17-18-9-5-3-6-10-18/h3-12H,13-17H2,1-2H3,(H,22,23)(H,24,26). The maximum absolute atomic E-state index is 12.0. The minimum absolute atomic E-state index is 0.0110. The summed E-state index contributed by atoms with van der Waals surface area (Å²) in [5, 5.41) is 6.13. The smallest absolute Gasteiger partial charge is 0.222 e. The summed E-state index contributed by atoms with van der Waals surface area (Å²) in [6, 6.07) is 19.6. The highest BCUT2D eigenvalue weighted by Gasteiger charge is 2.07. The van der Waals surface area contributed by atoms with E-state index in [1.807, 2.05) is 72.6 Å². The van der Waals surface area contributed by atoms with Gasteiger partial charge in [-0.2, -0.15) is 0 Å². The lowest BCUT2D eigenvalue weighted by Crippen LogP contribution is -2.42. The zero-order valence-corrected chi connectivity index (χ0v) is 16.0. The fraction of sp³-hybridized carbons (Fsp3) is 0.333. The average Bonchev–Trinajstić information content (AvgIpc) is 2.71. The maximum atomic E-state index is 12.0. The van der Waals surface area contributed by atoms with Gasteiger partial charge in [0.2, 0.25) is 5.91 Å². The molecule has 0 saturated heterocycles. The topological polar surface area (TPSA) is 66.0 Å². The van der Waals surface area contributed by atoms with Gasteiger partial charge in [-0.15, -0.1) is 0 Å². The summed E-state index contributed by atoms with van der Waals surface area (Å²) in [6.45, 7) is 2.32. The molecule has 27 heavy (non-hydrogen) atoms. The number of rotatable bonds is 9. The van der Waals surface area contributed by atoms with Crippen LogP contribution in [0.5, 0.6) is 5.75 Å². The second-order valence-corrected chi connectivity index (χ2v) is 6.07. The molecule has 2 aromatic carbocycles. The lowest BCUT2D eigenvalue weighted by molar-refractivity contribution is -0.121. The Labute approximate surface area is 161 Å². The Morgan fingerprint density at radius 3 is 2.37 bits per heavy atom. The number of hydrogen-bond acceptors (Lipinski definition) is 3. The van der Waals surface area contributed by atoms with Crippen molar-refractivity contribution >= 4 is 11.9 Å². The molecule has 0 heterocycles. The van der Waals surface area contributed by atoms with Crippen molar-refractivity contribution < 1.29 is 9.53 Å². The van der Waals surface area contributed by atoms with Crippen molar-refractivity contribution in [1.29, 1.82) is 0 Å². The van der Waals surface area contributed by atoms with Crippen molar-refractivity contribution in [1.82, 2.24) is 15.5 Å². The van der Waals surface area contributed by atoms with E-state index in [0.29, 0.717) is 32.7 Å². The zero-order chi connectivity index (χ0) is 19.3. The first-order valence-electron chi connectivity index (χ1n) is 9.09. The first kappa shape index (κ1) is 20.3. The molecule has 0 bridgehead atoms. The van der Waals surface area contributed by atoms with E-state index in [0.717, 1.165) is 17.3 Å². The second kappa shape index (κ2) is 11.6. The molecule has 2 rings (SSSR count). The summed E-state index contributed by atoms with van der Waals surface area (Å²) in [5.74, 6) is 1.60. The first-order chi connectivity index (χ1) is 13.2. The number of amides is 1. The van der Waals surface area contributed by atoms with E-state index in [2.05, 4.69) is 15.6 Å². The number of aliphatic imine (C=N–C) groups is 1. The van der Waals surface area contributed by atoms with E-state index in [4.69, 9.17) is 4.74 Å². The Hall–Kier alpha value is -3.02. The number of carbonyl (C=O) groups excluding carboxylic acids is 1. The van der Waals surface area contributed by atoms with Crippen molar-refractivity contribution in [3.05, 3.63) is 66.2 Å². The van der Waals surface area contributed by atoms with Crippen molar-refractivity contribution in [3.63, 3.8) is 0 Å². The molecule has 6 heteroatoms. The quantitative estimate of drug-likeness (QED) is 0.526. The van der Waals surface area contributed by atoms with E-state index < -0.39 is 0 Å². The molecule has 2 aromatic rings. The molecule has 0 aromatic heterocycles. The number of guanidine groups is 1. The Bertz CT molecular complexity index is 705. The van der Waals surface area contributed by atoms with Crippen LogP contribution in [-0.2, 0) is 11.3 Å². The summed E-state index contributed by atoms with van der Waals surface area (Å²) in [7, 11) is 3.67. The van der Waals surface area contributed by atoms with E-state index in [1.54, 1.807) is 7.05 Å². The lowest BCUT2D eigenvalue weighted by atomic mass is 10.2. The number of ether oxygens (including phenoxy) is 1. The molecule has 0 aliphatic rings. The minimum Gasteiger partial charge on any atom is -0.492 e. The van der Waals surface area contributed by atoms with Gasteiger partial charge in [-0.1, -0.05) is 48.5 Å². The molecule has 0 saturated carbocycles. The number of carbonyl (C=O) groups is 1. The SMILES string of the molecule is CN=C(NCCC(=O)NCc1ccccc1)N(C)CCOc1ccccc1. The third-order valence-corrected chi connectivity index (χ3v) is 3.98. The first-order valence-corrected chi connectivity index (χ1v) is 9.09. The van der Waals surface area contributed by atoms with Gasteiger partial charge in [-0.25, -0.2) is 0 Å². The van der Waals surface area contributed by atoms with Gasteiger partial charge in [0.05, 0.1) is 6.54 Å². The predicted octanol–water partition coefficient (Wildman–Crippen LogP) is 2.28. The number of para-hydroxylation sites is 1. The molecule has 0 atom stereocenters. The third kappa shape index (κ3) is 7.81. The summed E-state index contributed by atoms with van der Waals surface area (Å²) in [6.07, 6.45) is 0.389. The second-order valence-electron chi connectivity index (χ2n) is 6.07. The molecule has 1 amide bonds. The van der Waals surface area contributed by atoms with Crippen LogP contribution < -0.4 is 15.4 Å². The average molecular weight is 368 g/mol. The van der Waals surface area contributed by atoms with E-state index >= 15 is 0 Å². The largest absolute Gasteiger partial charge is 0.492 e. The number of nitrogens with one attached hydrogen (secondary N) is 2. The summed E-state index contributed by atoms with van der Waals surface area (Å²) >= 11 is 0. The van der Waals surface area contributed by atoms with Gasteiger partial charge in [0, 0.05) is 33.6 Å². The minimum atomic E-state index is 0.0110. The highest BCUT2D eigenvalue weighted by atomic mass is 16.5. The number of nitrogens with zero attached hydrogens (tertiary/aromatic N) is 2. The Kier molecular flexibility index (Phi) is 8.69. The van der Waals surface area contributed by atoms with E-state index in [9.17, 15) is 4.79 Å². The summed E-state index contributed by atoms with van der Waals surface area (Å²) in [4.78, 5) is 18.2. The fourth-order valence-corrected chi connectivity index (χ4v) is 2.48. The van der Waals surface area contributed by atoms with Crippen molar-refractivity contribution in [2.75, 3.05) is 33.8 Å². The number of benzene rings is 2. The van der Waals surface area contributed by atoms with Crippen molar-refractivity contribution in [2.24, 2.45) is 4.99 Å².